The lowest BCUT2D eigenvalue weighted by Gasteiger charge is -2.13. The number of rotatable bonds is 10. The zero-order chi connectivity index (χ0) is 20.5. The summed E-state index contributed by atoms with van der Waals surface area (Å²) in [6.45, 7) is 9.47. The Balaban J connectivity index is 1.88. The summed E-state index contributed by atoms with van der Waals surface area (Å²) >= 11 is 1.53. The summed E-state index contributed by atoms with van der Waals surface area (Å²) in [5.74, 6) is 1.47. The Morgan fingerprint density at radius 2 is 1.86 bits per heavy atom. The number of thioether (sulfide) groups is 1. The number of aryl methyl sites for hydroxylation is 2. The second kappa shape index (κ2) is 11.1. The van der Waals surface area contributed by atoms with Crippen LogP contribution in [0.3, 0.4) is 0 Å². The molecule has 0 aliphatic heterocycles. The smallest absolute Gasteiger partial charge is 0.220 e. The summed E-state index contributed by atoms with van der Waals surface area (Å²) in [6, 6.07) is 7.88. The fraction of sp³-hybridized carbons (Fsp3) is 0.500. The standard InChI is InChI=1S/C22H31N3O2S/c1-15(2)12-13-27-20-9-7-6-8-18(20)14-23-21(26)11-10-19-16(3)24-22(28-5)25-17(19)4/h6-9,15H,10-14H2,1-5H3,(H,23,26). The summed E-state index contributed by atoms with van der Waals surface area (Å²) in [4.78, 5) is 21.3. The number of aromatic nitrogens is 2. The number of ether oxygens (including phenoxy) is 1. The lowest BCUT2D eigenvalue weighted by molar-refractivity contribution is -0.121. The molecule has 2 aromatic rings. The van der Waals surface area contributed by atoms with Gasteiger partial charge < -0.3 is 10.1 Å². The highest BCUT2D eigenvalue weighted by molar-refractivity contribution is 7.98. The normalized spacial score (nSPS) is 10.9. The van der Waals surface area contributed by atoms with E-state index in [4.69, 9.17) is 4.74 Å². The second-order valence-corrected chi connectivity index (χ2v) is 8.05. The average Bonchev–Trinajstić information content (AvgIpc) is 2.66. The molecule has 0 spiro atoms. The Morgan fingerprint density at radius 3 is 2.50 bits per heavy atom. The first-order valence-electron chi connectivity index (χ1n) is 9.76. The molecular weight excluding hydrogens is 370 g/mol. The molecule has 0 radical (unpaired) electrons. The summed E-state index contributed by atoms with van der Waals surface area (Å²) < 4.78 is 5.89. The summed E-state index contributed by atoms with van der Waals surface area (Å²) in [7, 11) is 0. The fourth-order valence-corrected chi connectivity index (χ4v) is 3.33. The molecular formula is C22H31N3O2S. The quantitative estimate of drug-likeness (QED) is 0.469. The van der Waals surface area contributed by atoms with Gasteiger partial charge in [-0.3, -0.25) is 4.79 Å². The fourth-order valence-electron chi connectivity index (χ4n) is 2.88. The number of nitrogens with one attached hydrogen (secondary N) is 1. The number of nitrogens with zero attached hydrogens (tertiary/aromatic N) is 2. The van der Waals surface area contributed by atoms with Gasteiger partial charge in [0.2, 0.25) is 5.91 Å². The molecule has 1 N–H and O–H groups in total. The van der Waals surface area contributed by atoms with Crippen molar-refractivity contribution in [1.29, 1.82) is 0 Å². The van der Waals surface area contributed by atoms with Crippen LogP contribution >= 0.6 is 11.8 Å². The van der Waals surface area contributed by atoms with E-state index >= 15 is 0 Å². The number of hydrogen-bond donors (Lipinski definition) is 1. The van der Waals surface area contributed by atoms with Gasteiger partial charge in [0.1, 0.15) is 5.75 Å². The highest BCUT2D eigenvalue weighted by atomic mass is 32.2. The van der Waals surface area contributed by atoms with E-state index in [1.165, 1.54) is 11.8 Å². The van der Waals surface area contributed by atoms with Gasteiger partial charge in [-0.25, -0.2) is 9.97 Å². The molecule has 2 rings (SSSR count). The van der Waals surface area contributed by atoms with Crippen LogP contribution < -0.4 is 10.1 Å². The third-order valence-electron chi connectivity index (χ3n) is 4.59. The molecule has 0 unspecified atom stereocenters. The molecule has 0 bridgehead atoms. The monoisotopic (exact) mass is 401 g/mol. The molecule has 0 atom stereocenters. The molecule has 1 aromatic carbocycles. The molecule has 5 nitrogen and oxygen atoms in total. The van der Waals surface area contributed by atoms with E-state index in [2.05, 4.69) is 29.1 Å². The van der Waals surface area contributed by atoms with Gasteiger partial charge in [0.25, 0.3) is 0 Å². The van der Waals surface area contributed by atoms with Crippen LogP contribution in [0.2, 0.25) is 0 Å². The molecule has 1 aromatic heterocycles. The number of amides is 1. The first kappa shape index (κ1) is 22.2. The number of hydrogen-bond acceptors (Lipinski definition) is 5. The average molecular weight is 402 g/mol. The molecule has 1 amide bonds. The topological polar surface area (TPSA) is 64.1 Å². The van der Waals surface area contributed by atoms with Gasteiger partial charge in [0.05, 0.1) is 6.61 Å². The van der Waals surface area contributed by atoms with E-state index in [0.29, 0.717) is 31.9 Å². The zero-order valence-electron chi connectivity index (χ0n) is 17.5. The summed E-state index contributed by atoms with van der Waals surface area (Å²) in [5, 5.41) is 3.78. The SMILES string of the molecule is CSc1nc(C)c(CCC(=O)NCc2ccccc2OCCC(C)C)c(C)n1. The highest BCUT2D eigenvalue weighted by Gasteiger charge is 2.11. The van der Waals surface area contributed by atoms with Crippen molar-refractivity contribution in [3.63, 3.8) is 0 Å². The van der Waals surface area contributed by atoms with Crippen LogP contribution in [0, 0.1) is 19.8 Å². The van der Waals surface area contributed by atoms with Crippen LogP contribution in [-0.4, -0.2) is 28.7 Å². The van der Waals surface area contributed by atoms with Crippen molar-refractivity contribution in [2.45, 2.75) is 58.7 Å². The Morgan fingerprint density at radius 1 is 1.18 bits per heavy atom. The molecule has 0 aliphatic rings. The van der Waals surface area contributed by atoms with Gasteiger partial charge >= 0.3 is 0 Å². The minimum absolute atomic E-state index is 0.0183. The Bertz CT molecular complexity index is 770. The number of benzene rings is 1. The maximum Gasteiger partial charge on any atom is 0.220 e. The van der Waals surface area contributed by atoms with Crippen LogP contribution in [0.5, 0.6) is 5.75 Å². The first-order chi connectivity index (χ1) is 13.4. The lowest BCUT2D eigenvalue weighted by atomic mass is 10.1. The molecule has 1 heterocycles. The van der Waals surface area contributed by atoms with Gasteiger partial charge in [0.15, 0.2) is 5.16 Å². The van der Waals surface area contributed by atoms with Gasteiger partial charge in [-0.1, -0.05) is 43.8 Å². The van der Waals surface area contributed by atoms with E-state index in [1.807, 2.05) is 44.4 Å². The van der Waals surface area contributed by atoms with Crippen molar-refractivity contribution < 1.29 is 9.53 Å². The van der Waals surface area contributed by atoms with E-state index in [0.717, 1.165) is 39.8 Å². The first-order valence-corrected chi connectivity index (χ1v) is 11.0. The molecule has 152 valence electrons. The number of carbonyl (C=O) groups excluding carboxylic acids is 1. The molecule has 0 saturated carbocycles. The van der Waals surface area contributed by atoms with Crippen molar-refractivity contribution in [3.05, 3.63) is 46.8 Å². The van der Waals surface area contributed by atoms with E-state index in [9.17, 15) is 4.79 Å². The van der Waals surface area contributed by atoms with Crippen molar-refractivity contribution in [2.75, 3.05) is 12.9 Å². The van der Waals surface area contributed by atoms with Crippen molar-refractivity contribution in [2.24, 2.45) is 5.92 Å². The van der Waals surface area contributed by atoms with Gasteiger partial charge in [-0.15, -0.1) is 0 Å². The molecule has 6 heteroatoms. The second-order valence-electron chi connectivity index (χ2n) is 7.28. The van der Waals surface area contributed by atoms with Crippen LogP contribution in [0.15, 0.2) is 29.4 Å². The van der Waals surface area contributed by atoms with Gasteiger partial charge in [0, 0.05) is 29.9 Å². The molecule has 0 aliphatic carbocycles. The number of carbonyl (C=O) groups is 1. The molecule has 0 saturated heterocycles. The lowest BCUT2D eigenvalue weighted by Crippen LogP contribution is -2.23. The largest absolute Gasteiger partial charge is 0.493 e. The summed E-state index contributed by atoms with van der Waals surface area (Å²) in [5.41, 5.74) is 3.96. The van der Waals surface area contributed by atoms with E-state index in [1.54, 1.807) is 0 Å². The van der Waals surface area contributed by atoms with Crippen molar-refractivity contribution in [3.8, 4) is 5.75 Å². The van der Waals surface area contributed by atoms with Crippen molar-refractivity contribution >= 4 is 17.7 Å². The summed E-state index contributed by atoms with van der Waals surface area (Å²) in [6.07, 6.45) is 4.03. The molecule has 0 fully saturated rings. The maximum absolute atomic E-state index is 12.4. The predicted molar refractivity (Wildman–Crippen MR) is 115 cm³/mol. The zero-order valence-corrected chi connectivity index (χ0v) is 18.4. The van der Waals surface area contributed by atoms with Crippen LogP contribution in [0.1, 0.15) is 49.2 Å². The van der Waals surface area contributed by atoms with Gasteiger partial charge in [-0.2, -0.15) is 0 Å². The third kappa shape index (κ3) is 6.82. The molecule has 28 heavy (non-hydrogen) atoms. The number of para-hydroxylation sites is 1. The highest BCUT2D eigenvalue weighted by Crippen LogP contribution is 2.19. The third-order valence-corrected chi connectivity index (χ3v) is 5.13. The van der Waals surface area contributed by atoms with E-state index in [-0.39, 0.29) is 5.91 Å². The van der Waals surface area contributed by atoms with Crippen LogP contribution in [0.4, 0.5) is 0 Å². The minimum atomic E-state index is 0.0183. The maximum atomic E-state index is 12.4. The Hall–Kier alpha value is -2.08. The van der Waals surface area contributed by atoms with E-state index < -0.39 is 0 Å². The van der Waals surface area contributed by atoms with Crippen LogP contribution in [0.25, 0.3) is 0 Å². The minimum Gasteiger partial charge on any atom is -0.493 e. The predicted octanol–water partition coefficient (Wildman–Crippen LogP) is 4.49. The Kier molecular flexibility index (Phi) is 8.77. The Labute approximate surface area is 172 Å². The van der Waals surface area contributed by atoms with Crippen molar-refractivity contribution in [1.82, 2.24) is 15.3 Å². The van der Waals surface area contributed by atoms with Crippen LogP contribution in [-0.2, 0) is 17.8 Å². The van der Waals surface area contributed by atoms with Gasteiger partial charge in [-0.05, 0) is 50.5 Å².